The third-order valence-electron chi connectivity index (χ3n) is 4.44. The van der Waals surface area contributed by atoms with E-state index in [0.717, 1.165) is 0 Å². The Labute approximate surface area is 155 Å². The number of aliphatic carboxylic acids is 1. The molecular weight excluding hydrogens is 350 g/mol. The smallest absolute Gasteiger partial charge is 0.337 e. The fourth-order valence-corrected chi connectivity index (χ4v) is 3.15. The highest BCUT2D eigenvalue weighted by atomic mass is 16.7. The summed E-state index contributed by atoms with van der Waals surface area (Å²) in [6.07, 6.45) is -1.35. The third-order valence-corrected chi connectivity index (χ3v) is 4.44. The van der Waals surface area contributed by atoms with Gasteiger partial charge in [0.25, 0.3) is 0 Å². The molecule has 2 aromatic carbocycles. The number of para-hydroxylation sites is 1. The molecule has 7 heteroatoms. The number of anilines is 1. The molecule has 0 aliphatic carbocycles. The second-order valence-corrected chi connectivity index (χ2v) is 6.16. The van der Waals surface area contributed by atoms with Crippen molar-refractivity contribution in [1.29, 1.82) is 0 Å². The Balaban J connectivity index is 1.59. The summed E-state index contributed by atoms with van der Waals surface area (Å²) < 4.78 is 10.7. The van der Waals surface area contributed by atoms with E-state index in [4.69, 9.17) is 9.47 Å². The molecule has 7 nitrogen and oxygen atoms in total. The van der Waals surface area contributed by atoms with Gasteiger partial charge in [0, 0.05) is 29.6 Å². The lowest BCUT2D eigenvalue weighted by Crippen LogP contribution is -2.29. The average Bonchev–Trinajstić information content (AvgIpc) is 2.96. The van der Waals surface area contributed by atoms with Gasteiger partial charge in [0.05, 0.1) is 5.57 Å². The van der Waals surface area contributed by atoms with E-state index < -0.39 is 18.5 Å². The Bertz CT molecular complexity index is 919. The van der Waals surface area contributed by atoms with Crippen LogP contribution in [0.3, 0.4) is 0 Å². The molecule has 27 heavy (non-hydrogen) atoms. The molecule has 2 atom stereocenters. The Morgan fingerprint density at radius 2 is 1.67 bits per heavy atom. The summed E-state index contributed by atoms with van der Waals surface area (Å²) in [4.78, 5) is 13.3. The Hall–Kier alpha value is -3.13. The molecule has 138 valence electrons. The molecule has 2 unspecified atom stereocenters. The van der Waals surface area contributed by atoms with Gasteiger partial charge in [-0.2, -0.15) is 0 Å². The van der Waals surface area contributed by atoms with Gasteiger partial charge in [0.1, 0.15) is 11.5 Å². The third kappa shape index (κ3) is 3.31. The predicted molar refractivity (Wildman–Crippen MR) is 96.1 cm³/mol. The van der Waals surface area contributed by atoms with Crippen LogP contribution < -0.4 is 9.64 Å². The molecule has 0 amide bonds. The van der Waals surface area contributed by atoms with Crippen LogP contribution in [-0.2, 0) is 9.53 Å². The van der Waals surface area contributed by atoms with Crippen molar-refractivity contribution in [3.05, 3.63) is 77.5 Å². The number of ether oxygens (including phenoxy) is 2. The summed E-state index contributed by atoms with van der Waals surface area (Å²) >= 11 is 0. The zero-order chi connectivity index (χ0) is 19.0. The molecule has 2 aliphatic rings. The number of aliphatic hydroxyl groups is 2. The largest absolute Gasteiger partial charge is 0.478 e. The maximum absolute atomic E-state index is 11.6. The number of hydrogen-bond acceptors (Lipinski definition) is 6. The first kappa shape index (κ1) is 17.3. The molecule has 2 heterocycles. The Morgan fingerprint density at radius 1 is 1.00 bits per heavy atom. The van der Waals surface area contributed by atoms with Gasteiger partial charge in [-0.3, -0.25) is 0 Å². The van der Waals surface area contributed by atoms with Crippen LogP contribution in [0.4, 0.5) is 5.69 Å². The number of benzene rings is 2. The van der Waals surface area contributed by atoms with E-state index in [0.29, 0.717) is 22.8 Å². The summed E-state index contributed by atoms with van der Waals surface area (Å²) in [6.45, 7) is 0.212. The number of carbonyl (C=O) groups is 1. The van der Waals surface area contributed by atoms with Crippen molar-refractivity contribution in [2.24, 2.45) is 0 Å². The van der Waals surface area contributed by atoms with Crippen molar-refractivity contribution in [1.82, 2.24) is 0 Å². The second kappa shape index (κ2) is 6.88. The van der Waals surface area contributed by atoms with Crippen LogP contribution in [0.1, 0.15) is 0 Å². The maximum atomic E-state index is 11.6. The van der Waals surface area contributed by atoms with Crippen LogP contribution in [-0.4, -0.2) is 40.4 Å². The summed E-state index contributed by atoms with van der Waals surface area (Å²) in [6, 6.07) is 16.5. The van der Waals surface area contributed by atoms with Crippen molar-refractivity contribution in [2.75, 3.05) is 11.4 Å². The molecule has 4 rings (SSSR count). The lowest BCUT2D eigenvalue weighted by Gasteiger charge is -2.27. The Morgan fingerprint density at radius 3 is 2.33 bits per heavy atom. The van der Waals surface area contributed by atoms with E-state index in [1.54, 1.807) is 29.2 Å². The van der Waals surface area contributed by atoms with E-state index in [2.05, 4.69) is 0 Å². The summed E-state index contributed by atoms with van der Waals surface area (Å²) in [5.74, 6) is 0.156. The second-order valence-electron chi connectivity index (χ2n) is 6.16. The van der Waals surface area contributed by atoms with Gasteiger partial charge >= 0.3 is 5.97 Å². The lowest BCUT2D eigenvalue weighted by molar-refractivity contribution is -0.154. The first-order chi connectivity index (χ1) is 13.0. The van der Waals surface area contributed by atoms with Gasteiger partial charge in [-0.15, -0.1) is 0 Å². The highest BCUT2D eigenvalue weighted by Gasteiger charge is 2.39. The van der Waals surface area contributed by atoms with E-state index in [1.807, 2.05) is 30.3 Å². The number of hydrogen-bond donors (Lipinski definition) is 3. The van der Waals surface area contributed by atoms with E-state index in [-0.39, 0.29) is 17.7 Å². The molecule has 0 fully saturated rings. The van der Waals surface area contributed by atoms with Crippen molar-refractivity contribution < 1.29 is 29.6 Å². The molecule has 2 aromatic rings. The quantitative estimate of drug-likeness (QED) is 0.762. The normalized spacial score (nSPS) is 21.7. The molecular formula is C20H17NO6. The number of nitrogens with zero attached hydrogens (tertiary/aromatic N) is 1. The standard InChI is InChI=1S/C20H17NO6/c22-18(23)15-10-21(11-16-17(15)20(25)27-19(16)24)12-6-8-14(9-7-12)26-13-4-2-1-3-5-13/h1-10,19-20,24-25H,11H2,(H,22,23). The zero-order valence-electron chi connectivity index (χ0n) is 14.1. The van der Waals surface area contributed by atoms with E-state index in [9.17, 15) is 20.1 Å². The van der Waals surface area contributed by atoms with Crippen LogP contribution in [0.25, 0.3) is 0 Å². The first-order valence-electron chi connectivity index (χ1n) is 8.32. The molecule has 0 bridgehead atoms. The van der Waals surface area contributed by atoms with Crippen molar-refractivity contribution in [3.63, 3.8) is 0 Å². The predicted octanol–water partition coefficient (Wildman–Crippen LogP) is 2.23. The fraction of sp³-hybridized carbons (Fsp3) is 0.150. The van der Waals surface area contributed by atoms with Crippen LogP contribution in [0.2, 0.25) is 0 Å². The number of carboxylic acids is 1. The SMILES string of the molecule is O=C(O)C1=CN(c2ccc(Oc3ccccc3)cc2)CC2=C1C(O)OC2O. The molecule has 2 aliphatic heterocycles. The fourth-order valence-electron chi connectivity index (χ4n) is 3.15. The van der Waals surface area contributed by atoms with Gasteiger partial charge in [-0.1, -0.05) is 18.2 Å². The number of aliphatic hydroxyl groups excluding tert-OH is 2. The van der Waals surface area contributed by atoms with Crippen molar-refractivity contribution in [3.8, 4) is 11.5 Å². The first-order valence-corrected chi connectivity index (χ1v) is 8.32. The van der Waals surface area contributed by atoms with Crippen molar-refractivity contribution in [2.45, 2.75) is 12.6 Å². The van der Waals surface area contributed by atoms with Gasteiger partial charge < -0.3 is 29.7 Å². The van der Waals surface area contributed by atoms with Crippen LogP contribution >= 0.6 is 0 Å². The number of rotatable bonds is 4. The maximum Gasteiger partial charge on any atom is 0.337 e. The van der Waals surface area contributed by atoms with Gasteiger partial charge in [-0.25, -0.2) is 4.79 Å². The molecule has 0 spiro atoms. The molecule has 0 saturated carbocycles. The van der Waals surface area contributed by atoms with Crippen LogP contribution in [0.5, 0.6) is 11.5 Å². The van der Waals surface area contributed by atoms with Gasteiger partial charge in [0.15, 0.2) is 12.6 Å². The summed E-state index contributed by atoms with van der Waals surface area (Å²) in [5.41, 5.74) is 1.07. The molecule has 0 radical (unpaired) electrons. The van der Waals surface area contributed by atoms with Gasteiger partial charge in [0.2, 0.25) is 0 Å². The summed E-state index contributed by atoms with van der Waals surface area (Å²) in [5, 5.41) is 29.3. The topological polar surface area (TPSA) is 99.5 Å². The average molecular weight is 367 g/mol. The molecule has 0 aromatic heterocycles. The highest BCUT2D eigenvalue weighted by molar-refractivity contribution is 5.94. The minimum Gasteiger partial charge on any atom is -0.478 e. The number of carboxylic acid groups (broad SMARTS) is 1. The minimum atomic E-state index is -1.44. The van der Waals surface area contributed by atoms with E-state index in [1.165, 1.54) is 6.20 Å². The monoisotopic (exact) mass is 367 g/mol. The van der Waals surface area contributed by atoms with Crippen LogP contribution in [0.15, 0.2) is 77.5 Å². The minimum absolute atomic E-state index is 0.107. The van der Waals surface area contributed by atoms with Crippen LogP contribution in [0, 0.1) is 0 Å². The summed E-state index contributed by atoms with van der Waals surface area (Å²) in [7, 11) is 0. The van der Waals surface area contributed by atoms with Crippen molar-refractivity contribution >= 4 is 11.7 Å². The molecule has 3 N–H and O–H groups in total. The highest BCUT2D eigenvalue weighted by Crippen LogP contribution is 2.36. The zero-order valence-corrected chi connectivity index (χ0v) is 14.1. The van der Waals surface area contributed by atoms with Gasteiger partial charge in [-0.05, 0) is 36.4 Å². The Kier molecular flexibility index (Phi) is 4.41. The lowest BCUT2D eigenvalue weighted by atomic mass is 9.97. The molecule has 0 saturated heterocycles. The van der Waals surface area contributed by atoms with E-state index >= 15 is 0 Å².